The van der Waals surface area contributed by atoms with Crippen LogP contribution in [0.1, 0.15) is 40.0 Å². The number of carbonyl (C=O) groups excluding carboxylic acids is 2. The van der Waals surface area contributed by atoms with Gasteiger partial charge in [0.25, 0.3) is 11.8 Å². The van der Waals surface area contributed by atoms with E-state index in [0.29, 0.717) is 33.3 Å². The summed E-state index contributed by atoms with van der Waals surface area (Å²) in [5.74, 6) is 0.609. The Morgan fingerprint density at radius 1 is 1.13 bits per heavy atom. The second-order valence-electron chi connectivity index (χ2n) is 7.46. The number of fused-ring (bicyclic) bond motifs is 2. The number of anilines is 2. The van der Waals surface area contributed by atoms with E-state index in [2.05, 4.69) is 10.2 Å². The van der Waals surface area contributed by atoms with E-state index in [1.54, 1.807) is 30.3 Å². The molecule has 2 aromatic rings. The number of benzene rings is 2. The van der Waals surface area contributed by atoms with Crippen LogP contribution in [0.25, 0.3) is 0 Å². The van der Waals surface area contributed by atoms with Gasteiger partial charge in [0.05, 0.1) is 36.2 Å². The van der Waals surface area contributed by atoms with Crippen molar-refractivity contribution in [2.24, 2.45) is 0 Å². The zero-order valence-electron chi connectivity index (χ0n) is 17.2. The molecule has 2 aliphatic heterocycles. The van der Waals surface area contributed by atoms with Crippen LogP contribution in [-0.4, -0.2) is 50.7 Å². The summed E-state index contributed by atoms with van der Waals surface area (Å²) in [6, 6.07) is 8.38. The van der Waals surface area contributed by atoms with Crippen molar-refractivity contribution in [2.45, 2.75) is 25.4 Å². The maximum atomic E-state index is 12.9. The molecule has 7 nitrogen and oxygen atoms in total. The molecule has 2 aliphatic rings. The molecule has 30 heavy (non-hydrogen) atoms. The van der Waals surface area contributed by atoms with Gasteiger partial charge in [-0.05, 0) is 43.5 Å². The Morgan fingerprint density at radius 3 is 2.63 bits per heavy atom. The first-order valence-corrected chi connectivity index (χ1v) is 10.2. The van der Waals surface area contributed by atoms with E-state index in [9.17, 15) is 9.59 Å². The van der Waals surface area contributed by atoms with Crippen molar-refractivity contribution in [1.29, 1.82) is 0 Å². The summed E-state index contributed by atoms with van der Waals surface area (Å²) in [5, 5.41) is 3.20. The quantitative estimate of drug-likeness (QED) is 0.795. The number of nitrogens with one attached hydrogen (secondary N) is 1. The van der Waals surface area contributed by atoms with Crippen molar-refractivity contribution < 1.29 is 19.1 Å². The normalized spacial score (nSPS) is 17.9. The van der Waals surface area contributed by atoms with Gasteiger partial charge in [-0.3, -0.25) is 9.59 Å². The highest BCUT2D eigenvalue weighted by Crippen LogP contribution is 2.37. The molecule has 158 valence electrons. The average molecular weight is 430 g/mol. The molecule has 0 aromatic heterocycles. The van der Waals surface area contributed by atoms with Crippen LogP contribution in [-0.2, 0) is 0 Å². The predicted octanol–water partition coefficient (Wildman–Crippen LogP) is 4.01. The Balaban J connectivity index is 1.63. The Labute approximate surface area is 180 Å². The van der Waals surface area contributed by atoms with Crippen molar-refractivity contribution in [1.82, 2.24) is 4.90 Å². The van der Waals surface area contributed by atoms with E-state index in [1.807, 2.05) is 11.9 Å². The fourth-order valence-corrected chi connectivity index (χ4v) is 4.41. The average Bonchev–Trinajstić information content (AvgIpc) is 2.77. The van der Waals surface area contributed by atoms with E-state index in [4.69, 9.17) is 21.1 Å². The van der Waals surface area contributed by atoms with Gasteiger partial charge in [0.2, 0.25) is 0 Å². The lowest BCUT2D eigenvalue weighted by molar-refractivity contribution is 0.0589. The van der Waals surface area contributed by atoms with Crippen LogP contribution in [0, 0.1) is 0 Å². The minimum atomic E-state index is -0.316. The number of halogens is 1. The van der Waals surface area contributed by atoms with E-state index in [0.717, 1.165) is 31.5 Å². The first kappa shape index (κ1) is 20.3. The fourth-order valence-electron chi connectivity index (χ4n) is 4.17. The summed E-state index contributed by atoms with van der Waals surface area (Å²) in [4.78, 5) is 29.9. The Bertz CT molecular complexity index is 1010. The molecule has 2 amide bonds. The summed E-state index contributed by atoms with van der Waals surface area (Å²) in [6.07, 6.45) is 3.09. The summed E-state index contributed by atoms with van der Waals surface area (Å²) >= 11 is 6.20. The van der Waals surface area contributed by atoms with Crippen LogP contribution >= 0.6 is 11.6 Å². The number of carbonyl (C=O) groups is 2. The van der Waals surface area contributed by atoms with Gasteiger partial charge in [-0.25, -0.2) is 0 Å². The molecule has 2 heterocycles. The molecule has 1 saturated heterocycles. The first-order valence-electron chi connectivity index (χ1n) is 9.85. The van der Waals surface area contributed by atoms with Gasteiger partial charge < -0.3 is 24.6 Å². The van der Waals surface area contributed by atoms with Gasteiger partial charge in [-0.1, -0.05) is 11.6 Å². The van der Waals surface area contributed by atoms with Crippen LogP contribution < -0.4 is 19.7 Å². The number of rotatable bonds is 4. The van der Waals surface area contributed by atoms with Crippen molar-refractivity contribution in [3.05, 3.63) is 46.5 Å². The molecule has 1 unspecified atom stereocenters. The van der Waals surface area contributed by atoms with Crippen molar-refractivity contribution in [3.8, 4) is 11.5 Å². The Kier molecular flexibility index (Phi) is 5.47. The smallest absolute Gasteiger partial charge is 0.257 e. The molecule has 8 heteroatoms. The second kappa shape index (κ2) is 8.07. The third-order valence-electron chi connectivity index (χ3n) is 5.77. The molecular formula is C22H24ClN3O4. The third kappa shape index (κ3) is 3.43. The molecule has 0 bridgehead atoms. The lowest BCUT2D eigenvalue weighted by atomic mass is 9.97. The van der Waals surface area contributed by atoms with Crippen molar-refractivity contribution in [2.75, 3.05) is 38.0 Å². The standard InChI is InChI=1S/C22H24ClN3O4/c1-25-17-10-13(7-8-14(17)22(28)26-9-5-4-6-20(25)26)21(27)24-16-11-15(23)18(29-2)12-19(16)30-3/h7-8,10-12,20H,4-6,9H2,1-3H3,(H,24,27). The summed E-state index contributed by atoms with van der Waals surface area (Å²) in [7, 11) is 4.99. The SMILES string of the molecule is COc1cc(OC)c(NC(=O)c2ccc3c(c2)N(C)C2CCCCN2C3=O)cc1Cl. The van der Waals surface area contributed by atoms with Crippen molar-refractivity contribution in [3.63, 3.8) is 0 Å². The van der Waals surface area contributed by atoms with Crippen LogP contribution in [0.5, 0.6) is 11.5 Å². The van der Waals surface area contributed by atoms with Gasteiger partial charge in [0, 0.05) is 25.2 Å². The zero-order valence-corrected chi connectivity index (χ0v) is 18.0. The highest BCUT2D eigenvalue weighted by Gasteiger charge is 2.37. The number of hydrogen-bond acceptors (Lipinski definition) is 5. The largest absolute Gasteiger partial charge is 0.495 e. The van der Waals surface area contributed by atoms with Gasteiger partial charge in [-0.2, -0.15) is 0 Å². The molecule has 1 N–H and O–H groups in total. The van der Waals surface area contributed by atoms with Crippen LogP contribution in [0.15, 0.2) is 30.3 Å². The number of methoxy groups -OCH3 is 2. The maximum absolute atomic E-state index is 12.9. The first-order chi connectivity index (χ1) is 14.4. The second-order valence-corrected chi connectivity index (χ2v) is 7.87. The number of hydrogen-bond donors (Lipinski definition) is 1. The van der Waals surface area contributed by atoms with Crippen LogP contribution in [0.3, 0.4) is 0 Å². The molecule has 1 atom stereocenters. The Hall–Kier alpha value is -2.93. The van der Waals surface area contributed by atoms with E-state index < -0.39 is 0 Å². The maximum Gasteiger partial charge on any atom is 0.257 e. The fraction of sp³-hybridized carbons (Fsp3) is 0.364. The number of piperidine rings is 1. The Morgan fingerprint density at radius 2 is 1.90 bits per heavy atom. The molecule has 0 saturated carbocycles. The number of amides is 2. The molecule has 2 aromatic carbocycles. The topological polar surface area (TPSA) is 71.1 Å². The third-order valence-corrected chi connectivity index (χ3v) is 6.07. The van der Waals surface area contributed by atoms with E-state index in [1.165, 1.54) is 14.2 Å². The zero-order chi connectivity index (χ0) is 21.4. The van der Waals surface area contributed by atoms with Gasteiger partial charge in [0.1, 0.15) is 17.7 Å². The van der Waals surface area contributed by atoms with Crippen LogP contribution in [0.2, 0.25) is 5.02 Å². The molecular weight excluding hydrogens is 406 g/mol. The minimum Gasteiger partial charge on any atom is -0.495 e. The highest BCUT2D eigenvalue weighted by atomic mass is 35.5. The van der Waals surface area contributed by atoms with E-state index in [-0.39, 0.29) is 18.0 Å². The molecule has 0 spiro atoms. The number of ether oxygens (including phenoxy) is 2. The lowest BCUT2D eigenvalue weighted by Gasteiger charge is -2.46. The molecule has 1 fully saturated rings. The minimum absolute atomic E-state index is 0.0309. The van der Waals surface area contributed by atoms with Crippen molar-refractivity contribution >= 4 is 34.8 Å². The molecule has 4 rings (SSSR count). The van der Waals surface area contributed by atoms with E-state index >= 15 is 0 Å². The predicted molar refractivity (Wildman–Crippen MR) is 116 cm³/mol. The van der Waals surface area contributed by atoms with Crippen LogP contribution in [0.4, 0.5) is 11.4 Å². The summed E-state index contributed by atoms with van der Waals surface area (Å²) in [6.45, 7) is 0.771. The van der Waals surface area contributed by atoms with Gasteiger partial charge >= 0.3 is 0 Å². The monoisotopic (exact) mass is 429 g/mol. The van der Waals surface area contributed by atoms with Gasteiger partial charge in [-0.15, -0.1) is 0 Å². The number of nitrogens with zero attached hydrogens (tertiary/aromatic N) is 2. The lowest BCUT2D eigenvalue weighted by Crippen LogP contribution is -2.55. The van der Waals surface area contributed by atoms with Gasteiger partial charge in [0.15, 0.2) is 0 Å². The molecule has 0 radical (unpaired) electrons. The summed E-state index contributed by atoms with van der Waals surface area (Å²) < 4.78 is 10.5. The highest BCUT2D eigenvalue weighted by molar-refractivity contribution is 6.32. The molecule has 0 aliphatic carbocycles. The summed E-state index contributed by atoms with van der Waals surface area (Å²) in [5.41, 5.74) is 2.29.